The summed E-state index contributed by atoms with van der Waals surface area (Å²) in [6.07, 6.45) is -4.04. The SMILES string of the molecule is CNC(CCN(C)CCC(F)(F)F)c1ccc(C)cc1. The summed E-state index contributed by atoms with van der Waals surface area (Å²) in [5, 5.41) is 3.22. The molecule has 0 saturated carbocycles. The molecular formula is C15H23F3N2. The number of rotatable bonds is 7. The van der Waals surface area contributed by atoms with E-state index >= 15 is 0 Å². The largest absolute Gasteiger partial charge is 0.390 e. The van der Waals surface area contributed by atoms with Crippen molar-refractivity contribution in [3.8, 4) is 0 Å². The molecule has 0 fully saturated rings. The topological polar surface area (TPSA) is 15.3 Å². The third-order valence-corrected chi connectivity index (χ3v) is 3.40. The quantitative estimate of drug-likeness (QED) is 0.825. The highest BCUT2D eigenvalue weighted by Gasteiger charge is 2.27. The molecule has 0 radical (unpaired) electrons. The fraction of sp³-hybridized carbons (Fsp3) is 0.600. The van der Waals surface area contributed by atoms with E-state index in [4.69, 9.17) is 0 Å². The molecular weight excluding hydrogens is 265 g/mol. The minimum atomic E-state index is -4.08. The Morgan fingerprint density at radius 3 is 2.25 bits per heavy atom. The van der Waals surface area contributed by atoms with Crippen LogP contribution in [0.15, 0.2) is 24.3 Å². The Labute approximate surface area is 119 Å². The molecule has 2 nitrogen and oxygen atoms in total. The van der Waals surface area contributed by atoms with Crippen molar-refractivity contribution in [3.63, 3.8) is 0 Å². The van der Waals surface area contributed by atoms with Gasteiger partial charge in [0, 0.05) is 12.6 Å². The number of halogens is 3. The Balaban J connectivity index is 2.43. The zero-order valence-electron chi connectivity index (χ0n) is 12.3. The van der Waals surface area contributed by atoms with E-state index < -0.39 is 12.6 Å². The first-order valence-corrected chi connectivity index (χ1v) is 6.81. The minimum absolute atomic E-state index is 0.0494. The van der Waals surface area contributed by atoms with E-state index in [1.54, 1.807) is 11.9 Å². The molecule has 1 N–H and O–H groups in total. The zero-order chi connectivity index (χ0) is 15.2. The van der Waals surface area contributed by atoms with Gasteiger partial charge in [0.25, 0.3) is 0 Å². The smallest absolute Gasteiger partial charge is 0.313 e. The molecule has 0 amide bonds. The van der Waals surface area contributed by atoms with Crippen molar-refractivity contribution in [2.75, 3.05) is 27.2 Å². The lowest BCUT2D eigenvalue weighted by Crippen LogP contribution is -2.28. The first kappa shape index (κ1) is 17.0. The highest BCUT2D eigenvalue weighted by atomic mass is 19.4. The fourth-order valence-electron chi connectivity index (χ4n) is 2.06. The Hall–Kier alpha value is -1.07. The van der Waals surface area contributed by atoms with Crippen LogP contribution in [0.25, 0.3) is 0 Å². The molecule has 1 unspecified atom stereocenters. The molecule has 1 atom stereocenters. The number of hydrogen-bond acceptors (Lipinski definition) is 2. The van der Waals surface area contributed by atoms with Crippen LogP contribution in [-0.4, -0.2) is 38.3 Å². The summed E-state index contributed by atoms with van der Waals surface area (Å²) in [7, 11) is 3.60. The Morgan fingerprint density at radius 1 is 1.15 bits per heavy atom. The lowest BCUT2D eigenvalue weighted by Gasteiger charge is -2.22. The predicted octanol–water partition coefficient (Wildman–Crippen LogP) is 3.53. The second kappa shape index (κ2) is 7.64. The van der Waals surface area contributed by atoms with Crippen LogP contribution in [-0.2, 0) is 0 Å². The molecule has 114 valence electrons. The van der Waals surface area contributed by atoms with Crippen LogP contribution in [0.1, 0.15) is 30.0 Å². The second-order valence-corrected chi connectivity index (χ2v) is 5.21. The Kier molecular flexibility index (Phi) is 6.49. The van der Waals surface area contributed by atoms with Crippen LogP contribution in [0.5, 0.6) is 0 Å². The molecule has 1 aromatic carbocycles. The molecule has 0 spiro atoms. The van der Waals surface area contributed by atoms with Crippen LogP contribution < -0.4 is 5.32 Å². The second-order valence-electron chi connectivity index (χ2n) is 5.21. The highest BCUT2D eigenvalue weighted by molar-refractivity contribution is 5.24. The molecule has 5 heteroatoms. The molecule has 0 heterocycles. The van der Waals surface area contributed by atoms with E-state index in [1.165, 1.54) is 11.1 Å². The van der Waals surface area contributed by atoms with E-state index in [1.807, 2.05) is 26.1 Å². The zero-order valence-corrected chi connectivity index (χ0v) is 12.3. The molecule has 20 heavy (non-hydrogen) atoms. The third-order valence-electron chi connectivity index (χ3n) is 3.40. The summed E-state index contributed by atoms with van der Waals surface area (Å²) in [5.74, 6) is 0. The van der Waals surface area contributed by atoms with Gasteiger partial charge in [0.2, 0.25) is 0 Å². The number of aryl methyl sites for hydroxylation is 1. The number of nitrogens with zero attached hydrogens (tertiary/aromatic N) is 1. The molecule has 0 aromatic heterocycles. The van der Waals surface area contributed by atoms with E-state index in [2.05, 4.69) is 17.4 Å². The molecule has 0 aliphatic rings. The molecule has 1 rings (SSSR count). The van der Waals surface area contributed by atoms with Gasteiger partial charge in [-0.3, -0.25) is 0 Å². The van der Waals surface area contributed by atoms with Crippen LogP contribution >= 0.6 is 0 Å². The van der Waals surface area contributed by atoms with Gasteiger partial charge in [-0.25, -0.2) is 0 Å². The molecule has 0 saturated heterocycles. The summed E-state index contributed by atoms with van der Waals surface area (Å²) in [4.78, 5) is 1.73. The average molecular weight is 288 g/mol. The van der Waals surface area contributed by atoms with Crippen molar-refractivity contribution in [1.29, 1.82) is 0 Å². The van der Waals surface area contributed by atoms with E-state index in [9.17, 15) is 13.2 Å². The standard InChI is InChI=1S/C15H23F3N2/c1-12-4-6-13(7-5-12)14(19-2)8-10-20(3)11-9-15(16,17)18/h4-7,14,19H,8-11H2,1-3H3. The molecule has 1 aromatic rings. The van der Waals surface area contributed by atoms with Crippen LogP contribution in [0.2, 0.25) is 0 Å². The summed E-state index contributed by atoms with van der Waals surface area (Å²) in [6.45, 7) is 2.71. The monoisotopic (exact) mass is 288 g/mol. The van der Waals surface area contributed by atoms with Gasteiger partial charge < -0.3 is 10.2 Å². The van der Waals surface area contributed by atoms with Gasteiger partial charge in [0.1, 0.15) is 0 Å². The van der Waals surface area contributed by atoms with Crippen LogP contribution in [0.4, 0.5) is 13.2 Å². The number of hydrogen-bond donors (Lipinski definition) is 1. The maximum absolute atomic E-state index is 12.1. The van der Waals surface area contributed by atoms with Gasteiger partial charge in [-0.1, -0.05) is 29.8 Å². The van der Waals surface area contributed by atoms with Crippen molar-refractivity contribution < 1.29 is 13.2 Å². The normalized spacial score (nSPS) is 13.8. The first-order valence-electron chi connectivity index (χ1n) is 6.81. The van der Waals surface area contributed by atoms with Gasteiger partial charge in [-0.05, 0) is 39.5 Å². The summed E-state index contributed by atoms with van der Waals surface area (Å²) in [6, 6.07) is 8.39. The molecule has 0 aliphatic carbocycles. The van der Waals surface area contributed by atoms with Crippen LogP contribution in [0.3, 0.4) is 0 Å². The van der Waals surface area contributed by atoms with Crippen molar-refractivity contribution in [1.82, 2.24) is 10.2 Å². The fourth-order valence-corrected chi connectivity index (χ4v) is 2.06. The first-order chi connectivity index (χ1) is 9.31. The maximum atomic E-state index is 12.1. The molecule has 0 bridgehead atoms. The third kappa shape index (κ3) is 6.39. The predicted molar refractivity (Wildman–Crippen MR) is 75.8 cm³/mol. The number of nitrogens with one attached hydrogen (secondary N) is 1. The van der Waals surface area contributed by atoms with Crippen molar-refractivity contribution in [3.05, 3.63) is 35.4 Å². The number of benzene rings is 1. The van der Waals surface area contributed by atoms with Crippen LogP contribution in [0, 0.1) is 6.92 Å². The van der Waals surface area contributed by atoms with E-state index in [0.717, 1.165) is 6.42 Å². The minimum Gasteiger partial charge on any atom is -0.313 e. The van der Waals surface area contributed by atoms with Crippen molar-refractivity contribution >= 4 is 0 Å². The van der Waals surface area contributed by atoms with Gasteiger partial charge in [0.15, 0.2) is 0 Å². The maximum Gasteiger partial charge on any atom is 0.390 e. The Morgan fingerprint density at radius 2 is 1.75 bits per heavy atom. The van der Waals surface area contributed by atoms with E-state index in [-0.39, 0.29) is 12.6 Å². The average Bonchev–Trinajstić information content (AvgIpc) is 2.38. The van der Waals surface area contributed by atoms with Gasteiger partial charge in [-0.2, -0.15) is 13.2 Å². The lowest BCUT2D eigenvalue weighted by atomic mass is 10.0. The number of alkyl halides is 3. The van der Waals surface area contributed by atoms with Crippen molar-refractivity contribution in [2.24, 2.45) is 0 Å². The highest BCUT2D eigenvalue weighted by Crippen LogP contribution is 2.20. The van der Waals surface area contributed by atoms with Gasteiger partial charge >= 0.3 is 6.18 Å². The van der Waals surface area contributed by atoms with Gasteiger partial charge in [-0.15, -0.1) is 0 Å². The lowest BCUT2D eigenvalue weighted by molar-refractivity contribution is -0.137. The summed E-state index contributed by atoms with van der Waals surface area (Å²) in [5.41, 5.74) is 2.37. The van der Waals surface area contributed by atoms with E-state index in [0.29, 0.717) is 6.54 Å². The summed E-state index contributed by atoms with van der Waals surface area (Å²) >= 11 is 0. The van der Waals surface area contributed by atoms with Gasteiger partial charge in [0.05, 0.1) is 6.42 Å². The molecule has 0 aliphatic heterocycles. The summed E-state index contributed by atoms with van der Waals surface area (Å²) < 4.78 is 36.4. The Bertz CT molecular complexity index is 387. The van der Waals surface area contributed by atoms with Crippen molar-refractivity contribution in [2.45, 2.75) is 32.0 Å².